The van der Waals surface area contributed by atoms with Gasteiger partial charge in [0, 0.05) is 38.0 Å². The van der Waals surface area contributed by atoms with Gasteiger partial charge < -0.3 is 4.90 Å². The van der Waals surface area contributed by atoms with E-state index < -0.39 is 19.9 Å². The molecule has 0 saturated carbocycles. The molecule has 1 fully saturated rings. The Balaban J connectivity index is 1.72. The van der Waals surface area contributed by atoms with Gasteiger partial charge >= 0.3 is 0 Å². The molecule has 0 N–H and O–H groups in total. The van der Waals surface area contributed by atoms with E-state index in [0.717, 1.165) is 11.8 Å². The van der Waals surface area contributed by atoms with Gasteiger partial charge in [-0.2, -0.15) is 4.31 Å². The summed E-state index contributed by atoms with van der Waals surface area (Å²) in [7, 11) is -7.01. The van der Waals surface area contributed by atoms with Crippen molar-refractivity contribution in [2.24, 2.45) is 0 Å². The van der Waals surface area contributed by atoms with Crippen LogP contribution in [-0.2, 0) is 19.9 Å². The van der Waals surface area contributed by atoms with Crippen molar-refractivity contribution in [3.05, 3.63) is 59.7 Å². The van der Waals surface area contributed by atoms with Crippen LogP contribution in [0.4, 0.5) is 0 Å². The van der Waals surface area contributed by atoms with E-state index in [4.69, 9.17) is 0 Å². The van der Waals surface area contributed by atoms with Gasteiger partial charge in [0.05, 0.1) is 9.79 Å². The summed E-state index contributed by atoms with van der Waals surface area (Å²) in [5, 5.41) is 0. The highest BCUT2D eigenvalue weighted by Gasteiger charge is 2.30. The number of sulfone groups is 1. The smallest absolute Gasteiger partial charge is 0.253 e. The molecule has 3 rings (SSSR count). The van der Waals surface area contributed by atoms with E-state index in [1.54, 1.807) is 35.2 Å². The second-order valence-electron chi connectivity index (χ2n) is 6.81. The molecule has 1 aliphatic rings. The van der Waals surface area contributed by atoms with Crippen molar-refractivity contribution < 1.29 is 21.6 Å². The Morgan fingerprint density at radius 1 is 0.857 bits per heavy atom. The molecular weight excluding hydrogens is 400 g/mol. The van der Waals surface area contributed by atoms with Crippen molar-refractivity contribution in [1.29, 1.82) is 0 Å². The summed E-state index contributed by atoms with van der Waals surface area (Å²) >= 11 is 0. The van der Waals surface area contributed by atoms with Crippen LogP contribution >= 0.6 is 0 Å². The molecule has 0 unspecified atom stereocenters. The summed E-state index contributed by atoms with van der Waals surface area (Å²) < 4.78 is 50.3. The molecule has 1 heterocycles. The van der Waals surface area contributed by atoms with Crippen LogP contribution < -0.4 is 0 Å². The second kappa shape index (κ2) is 7.65. The Kier molecular flexibility index (Phi) is 5.60. The number of aryl methyl sites for hydroxylation is 1. The summed E-state index contributed by atoms with van der Waals surface area (Å²) in [5.41, 5.74) is 1.25. The maximum atomic E-state index is 12.8. The second-order valence-corrected chi connectivity index (χ2v) is 10.8. The van der Waals surface area contributed by atoms with Gasteiger partial charge in [-0.15, -0.1) is 0 Å². The van der Waals surface area contributed by atoms with E-state index in [-0.39, 0.29) is 47.4 Å². The zero-order chi connectivity index (χ0) is 20.5. The molecule has 150 valence electrons. The minimum Gasteiger partial charge on any atom is -0.336 e. The Morgan fingerprint density at radius 2 is 1.46 bits per heavy atom. The third-order valence-electron chi connectivity index (χ3n) is 4.69. The van der Waals surface area contributed by atoms with Crippen molar-refractivity contribution in [1.82, 2.24) is 9.21 Å². The Labute approximate surface area is 165 Å². The average Bonchev–Trinajstić information content (AvgIpc) is 2.67. The molecule has 1 saturated heterocycles. The fraction of sp³-hybridized carbons (Fsp3) is 0.316. The van der Waals surface area contributed by atoms with Crippen molar-refractivity contribution in [2.75, 3.05) is 32.4 Å². The maximum absolute atomic E-state index is 12.8. The average molecular weight is 423 g/mol. The monoisotopic (exact) mass is 422 g/mol. The molecule has 2 aromatic carbocycles. The highest BCUT2D eigenvalue weighted by molar-refractivity contribution is 7.90. The van der Waals surface area contributed by atoms with Crippen molar-refractivity contribution in [2.45, 2.75) is 16.7 Å². The molecular formula is C19H22N2O5S2. The highest BCUT2D eigenvalue weighted by atomic mass is 32.2. The lowest BCUT2D eigenvalue weighted by Crippen LogP contribution is -2.50. The van der Waals surface area contributed by atoms with Crippen LogP contribution in [0.3, 0.4) is 0 Å². The SMILES string of the molecule is Cc1ccc(S(=O)(=O)N2CCN(C(=O)c3cccc(S(C)(=O)=O)c3)CC2)cc1. The van der Waals surface area contributed by atoms with Gasteiger partial charge in [-0.3, -0.25) is 4.79 Å². The van der Waals surface area contributed by atoms with Crippen molar-refractivity contribution >= 4 is 25.8 Å². The topological polar surface area (TPSA) is 91.8 Å². The maximum Gasteiger partial charge on any atom is 0.253 e. The Morgan fingerprint density at radius 3 is 2.04 bits per heavy atom. The molecule has 1 aliphatic heterocycles. The quantitative estimate of drug-likeness (QED) is 0.745. The van der Waals surface area contributed by atoms with Crippen molar-refractivity contribution in [3.8, 4) is 0 Å². The van der Waals surface area contributed by atoms with Gasteiger partial charge in [0.1, 0.15) is 0 Å². The molecule has 9 heteroatoms. The van der Waals surface area contributed by atoms with Crippen LogP contribution in [0, 0.1) is 6.92 Å². The molecule has 0 atom stereocenters. The zero-order valence-electron chi connectivity index (χ0n) is 15.7. The van der Waals surface area contributed by atoms with Crippen molar-refractivity contribution in [3.63, 3.8) is 0 Å². The fourth-order valence-electron chi connectivity index (χ4n) is 3.03. The van der Waals surface area contributed by atoms with E-state index in [2.05, 4.69) is 0 Å². The molecule has 0 spiro atoms. The Hall–Kier alpha value is -2.23. The number of hydrogen-bond acceptors (Lipinski definition) is 5. The summed E-state index contributed by atoms with van der Waals surface area (Å²) in [6, 6.07) is 12.6. The van der Waals surface area contributed by atoms with E-state index in [1.165, 1.54) is 22.5 Å². The fourth-order valence-corrected chi connectivity index (χ4v) is 5.12. The van der Waals surface area contributed by atoms with Gasteiger partial charge in [-0.1, -0.05) is 23.8 Å². The Bertz CT molecular complexity index is 1090. The van der Waals surface area contributed by atoms with Crippen LogP contribution in [-0.4, -0.2) is 64.4 Å². The van der Waals surface area contributed by atoms with Crippen LogP contribution in [0.1, 0.15) is 15.9 Å². The number of sulfonamides is 1. The van der Waals surface area contributed by atoms with E-state index in [1.807, 2.05) is 6.92 Å². The highest BCUT2D eigenvalue weighted by Crippen LogP contribution is 2.20. The third-order valence-corrected chi connectivity index (χ3v) is 7.72. The summed E-state index contributed by atoms with van der Waals surface area (Å²) in [6.45, 7) is 2.75. The van der Waals surface area contributed by atoms with Gasteiger partial charge in [0.2, 0.25) is 10.0 Å². The van der Waals surface area contributed by atoms with Crippen LogP contribution in [0.5, 0.6) is 0 Å². The number of amides is 1. The summed E-state index contributed by atoms with van der Waals surface area (Å²) in [6.07, 6.45) is 1.09. The molecule has 28 heavy (non-hydrogen) atoms. The van der Waals surface area contributed by atoms with Gasteiger partial charge in [0.15, 0.2) is 9.84 Å². The first-order valence-electron chi connectivity index (χ1n) is 8.75. The molecule has 0 aliphatic carbocycles. The van der Waals surface area contributed by atoms with Gasteiger partial charge in [-0.25, -0.2) is 16.8 Å². The normalized spacial score (nSPS) is 16.1. The summed E-state index contributed by atoms with van der Waals surface area (Å²) in [5.74, 6) is -0.308. The third kappa shape index (κ3) is 4.26. The first kappa shape index (κ1) is 20.5. The van der Waals surface area contributed by atoms with Crippen LogP contribution in [0.15, 0.2) is 58.3 Å². The minimum atomic E-state index is -3.60. The predicted octanol–water partition coefficient (Wildman–Crippen LogP) is 1.55. The van der Waals surface area contributed by atoms with E-state index >= 15 is 0 Å². The molecule has 0 aromatic heterocycles. The number of benzene rings is 2. The van der Waals surface area contributed by atoms with E-state index in [0.29, 0.717) is 0 Å². The van der Waals surface area contributed by atoms with Gasteiger partial charge in [-0.05, 0) is 37.3 Å². The van der Waals surface area contributed by atoms with Crippen LogP contribution in [0.25, 0.3) is 0 Å². The largest absolute Gasteiger partial charge is 0.336 e. The summed E-state index contributed by atoms with van der Waals surface area (Å²) in [4.78, 5) is 14.6. The number of carbonyl (C=O) groups is 1. The lowest BCUT2D eigenvalue weighted by atomic mass is 10.2. The molecule has 0 bridgehead atoms. The van der Waals surface area contributed by atoms with E-state index in [9.17, 15) is 21.6 Å². The zero-order valence-corrected chi connectivity index (χ0v) is 17.3. The molecule has 1 amide bonds. The van der Waals surface area contributed by atoms with Gasteiger partial charge in [0.25, 0.3) is 5.91 Å². The number of nitrogens with zero attached hydrogens (tertiary/aromatic N) is 2. The molecule has 0 radical (unpaired) electrons. The lowest BCUT2D eigenvalue weighted by molar-refractivity contribution is 0.0697. The number of piperazine rings is 1. The number of carbonyl (C=O) groups excluding carboxylic acids is 1. The lowest BCUT2D eigenvalue weighted by Gasteiger charge is -2.34. The number of hydrogen-bond donors (Lipinski definition) is 0. The number of rotatable bonds is 4. The predicted molar refractivity (Wildman–Crippen MR) is 105 cm³/mol. The molecule has 2 aromatic rings. The first-order valence-corrected chi connectivity index (χ1v) is 12.1. The van der Waals surface area contributed by atoms with Crippen LogP contribution in [0.2, 0.25) is 0 Å². The first-order chi connectivity index (χ1) is 13.1. The molecule has 7 nitrogen and oxygen atoms in total. The standard InChI is InChI=1S/C19H22N2O5S2/c1-15-6-8-17(9-7-15)28(25,26)21-12-10-20(11-13-21)19(22)16-4-3-5-18(14-16)27(2,23)24/h3-9,14H,10-13H2,1-2H3. The minimum absolute atomic E-state index is 0.0823.